The molecule has 1 unspecified atom stereocenters. The lowest BCUT2D eigenvalue weighted by molar-refractivity contribution is 0.164. The summed E-state index contributed by atoms with van der Waals surface area (Å²) in [6, 6.07) is 8.44. The van der Waals surface area contributed by atoms with Gasteiger partial charge in [0.25, 0.3) is 0 Å². The molecule has 0 bridgehead atoms. The largest absolute Gasteiger partial charge is 0.497 e. The van der Waals surface area contributed by atoms with Gasteiger partial charge in [-0.25, -0.2) is 0 Å². The Morgan fingerprint density at radius 2 is 1.88 bits per heavy atom. The lowest BCUT2D eigenvalue weighted by Crippen LogP contribution is -2.47. The zero-order valence-electron chi connectivity index (χ0n) is 15.4. The Kier molecular flexibility index (Phi) is 5.91. The molecule has 1 atom stereocenters. The Morgan fingerprint density at radius 1 is 1.16 bits per heavy atom. The second-order valence-corrected chi connectivity index (χ2v) is 6.55. The topological polar surface area (TPSA) is 54.6 Å². The van der Waals surface area contributed by atoms with Crippen molar-refractivity contribution >= 4 is 5.69 Å². The number of unbranched alkanes of at least 4 members (excludes halogenated alkanes) is 1. The second kappa shape index (κ2) is 8.34. The van der Waals surface area contributed by atoms with Crippen LogP contribution < -0.4 is 9.64 Å². The third kappa shape index (κ3) is 4.31. The summed E-state index contributed by atoms with van der Waals surface area (Å²) in [7, 11) is 1.69. The number of aromatic nitrogens is 2. The van der Waals surface area contributed by atoms with Crippen molar-refractivity contribution < 1.29 is 9.26 Å². The second-order valence-electron chi connectivity index (χ2n) is 6.55. The van der Waals surface area contributed by atoms with Crippen LogP contribution >= 0.6 is 0 Å². The zero-order valence-corrected chi connectivity index (χ0v) is 15.4. The minimum atomic E-state index is 0.167. The van der Waals surface area contributed by atoms with Crippen LogP contribution in [-0.2, 0) is 6.42 Å². The first-order valence-corrected chi connectivity index (χ1v) is 9.16. The van der Waals surface area contributed by atoms with Gasteiger partial charge < -0.3 is 14.2 Å². The van der Waals surface area contributed by atoms with E-state index in [1.165, 1.54) is 5.69 Å². The highest BCUT2D eigenvalue weighted by Gasteiger charge is 2.25. The molecule has 136 valence electrons. The van der Waals surface area contributed by atoms with E-state index in [1.807, 2.05) is 12.1 Å². The van der Waals surface area contributed by atoms with E-state index in [0.717, 1.165) is 62.9 Å². The van der Waals surface area contributed by atoms with Gasteiger partial charge in [-0.2, -0.15) is 4.98 Å². The van der Waals surface area contributed by atoms with Gasteiger partial charge in [-0.15, -0.1) is 0 Å². The van der Waals surface area contributed by atoms with Gasteiger partial charge in [-0.3, -0.25) is 4.90 Å². The van der Waals surface area contributed by atoms with Crippen LogP contribution in [0.25, 0.3) is 0 Å². The van der Waals surface area contributed by atoms with E-state index in [9.17, 15) is 0 Å². The number of nitrogens with zero attached hydrogens (tertiary/aromatic N) is 4. The molecule has 6 nitrogen and oxygen atoms in total. The molecule has 1 fully saturated rings. The summed E-state index contributed by atoms with van der Waals surface area (Å²) in [6.45, 7) is 8.28. The molecular weight excluding hydrogens is 316 g/mol. The third-order valence-corrected chi connectivity index (χ3v) is 4.89. The molecule has 6 heteroatoms. The summed E-state index contributed by atoms with van der Waals surface area (Å²) in [5.74, 6) is 2.47. The van der Waals surface area contributed by atoms with Crippen molar-refractivity contribution in [3.05, 3.63) is 36.0 Å². The molecule has 0 saturated carbocycles. The molecule has 0 N–H and O–H groups in total. The lowest BCUT2D eigenvalue weighted by Gasteiger charge is -2.38. The van der Waals surface area contributed by atoms with Gasteiger partial charge in [0.15, 0.2) is 5.82 Å². The van der Waals surface area contributed by atoms with Crippen molar-refractivity contribution in [1.82, 2.24) is 15.0 Å². The highest BCUT2D eigenvalue weighted by Crippen LogP contribution is 2.24. The fourth-order valence-electron chi connectivity index (χ4n) is 3.19. The number of anilines is 1. The molecule has 1 aliphatic heterocycles. The highest BCUT2D eigenvalue weighted by molar-refractivity contribution is 5.49. The van der Waals surface area contributed by atoms with E-state index >= 15 is 0 Å². The van der Waals surface area contributed by atoms with E-state index < -0.39 is 0 Å². The number of piperazine rings is 1. The van der Waals surface area contributed by atoms with Crippen LogP contribution in [0.3, 0.4) is 0 Å². The SMILES string of the molecule is CCCCc1noc(C(C)N2CCN(c3ccc(OC)cc3)CC2)n1. The summed E-state index contributed by atoms with van der Waals surface area (Å²) in [6.07, 6.45) is 3.15. The molecule has 1 saturated heterocycles. The summed E-state index contributed by atoms with van der Waals surface area (Å²) in [5, 5.41) is 4.11. The number of hydrogen-bond acceptors (Lipinski definition) is 6. The molecular formula is C19H28N4O2. The molecule has 3 rings (SSSR count). The number of aryl methyl sites for hydroxylation is 1. The molecule has 0 amide bonds. The minimum absolute atomic E-state index is 0.167. The van der Waals surface area contributed by atoms with Crippen molar-refractivity contribution in [1.29, 1.82) is 0 Å². The Balaban J connectivity index is 1.54. The predicted molar refractivity (Wildman–Crippen MR) is 98.1 cm³/mol. The van der Waals surface area contributed by atoms with E-state index in [2.05, 4.69) is 45.9 Å². The van der Waals surface area contributed by atoms with Gasteiger partial charge in [0.2, 0.25) is 5.89 Å². The summed E-state index contributed by atoms with van der Waals surface area (Å²) in [4.78, 5) is 9.39. The smallest absolute Gasteiger partial charge is 0.243 e. The molecule has 0 aliphatic carbocycles. The Morgan fingerprint density at radius 3 is 2.52 bits per heavy atom. The fourth-order valence-corrected chi connectivity index (χ4v) is 3.19. The van der Waals surface area contributed by atoms with Crippen molar-refractivity contribution in [2.45, 2.75) is 39.2 Å². The third-order valence-electron chi connectivity index (χ3n) is 4.89. The molecule has 1 aliphatic rings. The zero-order chi connectivity index (χ0) is 17.6. The minimum Gasteiger partial charge on any atom is -0.497 e. The average Bonchev–Trinajstić information content (AvgIpc) is 3.15. The first-order chi connectivity index (χ1) is 12.2. The van der Waals surface area contributed by atoms with Crippen LogP contribution in [0.15, 0.2) is 28.8 Å². The van der Waals surface area contributed by atoms with Crippen molar-refractivity contribution in [2.75, 3.05) is 38.2 Å². The fraction of sp³-hybridized carbons (Fsp3) is 0.579. The molecule has 2 aromatic rings. The van der Waals surface area contributed by atoms with Crippen LogP contribution in [0.1, 0.15) is 44.4 Å². The quantitative estimate of drug-likeness (QED) is 0.768. The monoisotopic (exact) mass is 344 g/mol. The number of methoxy groups -OCH3 is 1. The van der Waals surface area contributed by atoms with E-state index in [1.54, 1.807) is 7.11 Å². The van der Waals surface area contributed by atoms with Crippen LogP contribution in [0.2, 0.25) is 0 Å². The number of rotatable bonds is 7. The van der Waals surface area contributed by atoms with E-state index in [0.29, 0.717) is 0 Å². The summed E-state index contributed by atoms with van der Waals surface area (Å²) < 4.78 is 10.7. The average molecular weight is 344 g/mol. The summed E-state index contributed by atoms with van der Waals surface area (Å²) >= 11 is 0. The van der Waals surface area contributed by atoms with Gasteiger partial charge >= 0.3 is 0 Å². The van der Waals surface area contributed by atoms with Gasteiger partial charge in [-0.05, 0) is 37.6 Å². The maximum absolute atomic E-state index is 5.48. The Hall–Kier alpha value is -2.08. The molecule has 2 heterocycles. The maximum Gasteiger partial charge on any atom is 0.243 e. The Bertz CT molecular complexity index is 648. The highest BCUT2D eigenvalue weighted by atomic mass is 16.5. The van der Waals surface area contributed by atoms with Gasteiger partial charge in [-0.1, -0.05) is 18.5 Å². The first-order valence-electron chi connectivity index (χ1n) is 9.16. The molecule has 1 aromatic heterocycles. The van der Waals surface area contributed by atoms with Gasteiger partial charge in [0, 0.05) is 38.3 Å². The normalized spacial score (nSPS) is 16.8. The number of benzene rings is 1. The molecule has 25 heavy (non-hydrogen) atoms. The predicted octanol–water partition coefficient (Wildman–Crippen LogP) is 3.30. The molecule has 0 spiro atoms. The van der Waals surface area contributed by atoms with Crippen LogP contribution in [0.4, 0.5) is 5.69 Å². The van der Waals surface area contributed by atoms with Crippen LogP contribution in [0.5, 0.6) is 5.75 Å². The van der Waals surface area contributed by atoms with Crippen molar-refractivity contribution in [3.8, 4) is 5.75 Å². The van der Waals surface area contributed by atoms with E-state index in [4.69, 9.17) is 9.26 Å². The molecule has 1 aromatic carbocycles. The number of ether oxygens (including phenoxy) is 1. The summed E-state index contributed by atoms with van der Waals surface area (Å²) in [5.41, 5.74) is 1.24. The van der Waals surface area contributed by atoms with Crippen LogP contribution in [0, 0.1) is 0 Å². The van der Waals surface area contributed by atoms with Gasteiger partial charge in [0.05, 0.1) is 13.2 Å². The van der Waals surface area contributed by atoms with Gasteiger partial charge in [0.1, 0.15) is 5.75 Å². The molecule has 0 radical (unpaired) electrons. The maximum atomic E-state index is 5.48. The van der Waals surface area contributed by atoms with Crippen LogP contribution in [-0.4, -0.2) is 48.3 Å². The standard InChI is InChI=1S/C19H28N4O2/c1-4-5-6-18-20-19(25-21-18)15(2)22-11-13-23(14-12-22)16-7-9-17(24-3)10-8-16/h7-10,15H,4-6,11-14H2,1-3H3. The Labute approximate surface area is 149 Å². The van der Waals surface area contributed by atoms with E-state index in [-0.39, 0.29) is 6.04 Å². The lowest BCUT2D eigenvalue weighted by atomic mass is 10.2. The van der Waals surface area contributed by atoms with Crippen molar-refractivity contribution in [2.24, 2.45) is 0 Å². The first kappa shape index (κ1) is 17.7. The number of hydrogen-bond donors (Lipinski definition) is 0. The van der Waals surface area contributed by atoms with Crippen molar-refractivity contribution in [3.63, 3.8) is 0 Å².